The van der Waals surface area contributed by atoms with Crippen molar-refractivity contribution in [2.45, 2.75) is 32.4 Å². The molecule has 0 aliphatic rings. The fourth-order valence-electron chi connectivity index (χ4n) is 1.75. The van der Waals surface area contributed by atoms with E-state index in [9.17, 15) is 0 Å². The molecule has 1 rings (SSSR count). The minimum Gasteiger partial charge on any atom is -0.328 e. The lowest BCUT2D eigenvalue weighted by Gasteiger charge is -2.20. The highest BCUT2D eigenvalue weighted by Gasteiger charge is 2.12. The molecule has 0 saturated heterocycles. The summed E-state index contributed by atoms with van der Waals surface area (Å²) in [5.74, 6) is 0. The topological polar surface area (TPSA) is 38.0 Å². The normalized spacial score (nSPS) is 15.1. The van der Waals surface area contributed by atoms with E-state index in [2.05, 4.69) is 36.5 Å². The van der Waals surface area contributed by atoms with Crippen molar-refractivity contribution in [1.29, 1.82) is 0 Å². The van der Waals surface area contributed by atoms with Gasteiger partial charge in [-0.1, -0.05) is 24.3 Å². The molecule has 0 aliphatic carbocycles. The summed E-state index contributed by atoms with van der Waals surface area (Å²) in [6.07, 6.45) is 0.974. The Kier molecular flexibility index (Phi) is 4.11. The molecule has 0 spiro atoms. The van der Waals surface area contributed by atoms with Gasteiger partial charge in [0.1, 0.15) is 0 Å². The Morgan fingerprint density at radius 2 is 2.00 bits per heavy atom. The molecule has 1 aromatic carbocycles. The first-order valence-electron chi connectivity index (χ1n) is 5.13. The van der Waals surface area contributed by atoms with Crippen LogP contribution in [-0.4, -0.2) is 13.1 Å². The highest BCUT2D eigenvalue weighted by molar-refractivity contribution is 5.28. The van der Waals surface area contributed by atoms with Gasteiger partial charge >= 0.3 is 0 Å². The van der Waals surface area contributed by atoms with Crippen molar-refractivity contribution in [3.8, 4) is 0 Å². The molecule has 14 heavy (non-hydrogen) atoms. The second kappa shape index (κ2) is 5.13. The average molecular weight is 192 g/mol. The van der Waals surface area contributed by atoms with Crippen molar-refractivity contribution in [2.75, 3.05) is 7.05 Å². The number of nitrogens with two attached hydrogens (primary N) is 1. The molecule has 3 N–H and O–H groups in total. The third-order valence-corrected chi connectivity index (χ3v) is 2.52. The van der Waals surface area contributed by atoms with E-state index < -0.39 is 0 Å². The van der Waals surface area contributed by atoms with Crippen LogP contribution < -0.4 is 11.1 Å². The highest BCUT2D eigenvalue weighted by Crippen LogP contribution is 2.20. The zero-order chi connectivity index (χ0) is 10.6. The fourth-order valence-corrected chi connectivity index (χ4v) is 1.75. The van der Waals surface area contributed by atoms with E-state index in [4.69, 9.17) is 5.73 Å². The van der Waals surface area contributed by atoms with E-state index in [0.717, 1.165) is 6.42 Å². The molecule has 78 valence electrons. The van der Waals surface area contributed by atoms with Crippen molar-refractivity contribution < 1.29 is 0 Å². The molecule has 0 aromatic heterocycles. The second-order valence-corrected chi connectivity index (χ2v) is 3.91. The summed E-state index contributed by atoms with van der Waals surface area (Å²) in [4.78, 5) is 0. The fraction of sp³-hybridized carbons (Fsp3) is 0.500. The van der Waals surface area contributed by atoms with Crippen LogP contribution in [-0.2, 0) is 0 Å². The predicted octanol–water partition coefficient (Wildman–Crippen LogP) is 1.99. The molecule has 0 amide bonds. The Morgan fingerprint density at radius 1 is 1.36 bits per heavy atom. The van der Waals surface area contributed by atoms with Crippen molar-refractivity contribution in [3.05, 3.63) is 35.4 Å². The van der Waals surface area contributed by atoms with Gasteiger partial charge in [0, 0.05) is 12.1 Å². The second-order valence-electron chi connectivity index (χ2n) is 3.91. The van der Waals surface area contributed by atoms with E-state index >= 15 is 0 Å². The molecule has 0 radical (unpaired) electrons. The summed E-state index contributed by atoms with van der Waals surface area (Å²) in [5, 5.41) is 3.31. The Morgan fingerprint density at radius 3 is 2.50 bits per heavy atom. The molecule has 1 aromatic rings. The van der Waals surface area contributed by atoms with Crippen LogP contribution in [0.5, 0.6) is 0 Å². The third-order valence-electron chi connectivity index (χ3n) is 2.52. The SMILES string of the molecule is CNC(CC(C)N)c1ccccc1C. The molecule has 0 saturated carbocycles. The lowest BCUT2D eigenvalue weighted by Crippen LogP contribution is -2.26. The van der Waals surface area contributed by atoms with Gasteiger partial charge in [-0.05, 0) is 38.4 Å². The summed E-state index contributed by atoms with van der Waals surface area (Å²) in [5.41, 5.74) is 8.50. The molecule has 2 nitrogen and oxygen atoms in total. The van der Waals surface area contributed by atoms with E-state index in [1.165, 1.54) is 11.1 Å². The molecule has 2 heteroatoms. The van der Waals surface area contributed by atoms with Crippen molar-refractivity contribution >= 4 is 0 Å². The minimum atomic E-state index is 0.229. The van der Waals surface area contributed by atoms with E-state index in [1.807, 2.05) is 14.0 Å². The van der Waals surface area contributed by atoms with Crippen molar-refractivity contribution in [1.82, 2.24) is 5.32 Å². The Labute approximate surface area is 86.5 Å². The molecule has 0 bridgehead atoms. The monoisotopic (exact) mass is 192 g/mol. The maximum atomic E-state index is 5.82. The average Bonchev–Trinajstić information content (AvgIpc) is 2.15. The quantitative estimate of drug-likeness (QED) is 0.765. The van der Waals surface area contributed by atoms with Crippen LogP contribution in [0, 0.1) is 6.92 Å². The summed E-state index contributed by atoms with van der Waals surface area (Å²) >= 11 is 0. The lowest BCUT2D eigenvalue weighted by atomic mass is 9.96. The van der Waals surface area contributed by atoms with E-state index in [0.29, 0.717) is 6.04 Å². The smallest absolute Gasteiger partial charge is 0.0334 e. The first-order valence-corrected chi connectivity index (χ1v) is 5.13. The molecule has 0 aliphatic heterocycles. The van der Waals surface area contributed by atoms with Gasteiger partial charge < -0.3 is 11.1 Å². The third kappa shape index (κ3) is 2.82. The van der Waals surface area contributed by atoms with Gasteiger partial charge in [0.15, 0.2) is 0 Å². The van der Waals surface area contributed by atoms with Crippen LogP contribution in [0.3, 0.4) is 0 Å². The van der Waals surface area contributed by atoms with Crippen molar-refractivity contribution in [2.24, 2.45) is 5.73 Å². The Bertz CT molecular complexity index is 281. The van der Waals surface area contributed by atoms with Crippen LogP contribution in [0.25, 0.3) is 0 Å². The summed E-state index contributed by atoms with van der Waals surface area (Å²) in [7, 11) is 1.99. The number of aryl methyl sites for hydroxylation is 1. The van der Waals surface area contributed by atoms with Crippen LogP contribution in [0.15, 0.2) is 24.3 Å². The Hall–Kier alpha value is -0.860. The molecule has 2 unspecified atom stereocenters. The van der Waals surface area contributed by atoms with Gasteiger partial charge in [-0.2, -0.15) is 0 Å². The maximum absolute atomic E-state index is 5.82. The van der Waals surface area contributed by atoms with Gasteiger partial charge in [-0.3, -0.25) is 0 Å². The number of rotatable bonds is 4. The molecular weight excluding hydrogens is 172 g/mol. The van der Waals surface area contributed by atoms with Crippen molar-refractivity contribution in [3.63, 3.8) is 0 Å². The molecule has 0 heterocycles. The van der Waals surface area contributed by atoms with Crippen LogP contribution in [0.1, 0.15) is 30.5 Å². The van der Waals surface area contributed by atoms with Gasteiger partial charge in [0.2, 0.25) is 0 Å². The van der Waals surface area contributed by atoms with Gasteiger partial charge in [0.05, 0.1) is 0 Å². The summed E-state index contributed by atoms with van der Waals surface area (Å²) in [6.45, 7) is 4.18. The Balaban J connectivity index is 2.83. The predicted molar refractivity (Wildman–Crippen MR) is 61.2 cm³/mol. The summed E-state index contributed by atoms with van der Waals surface area (Å²) in [6, 6.07) is 9.05. The summed E-state index contributed by atoms with van der Waals surface area (Å²) < 4.78 is 0. The number of nitrogens with one attached hydrogen (secondary N) is 1. The first-order chi connectivity index (χ1) is 6.65. The zero-order valence-electron chi connectivity index (χ0n) is 9.25. The molecule has 2 atom stereocenters. The van der Waals surface area contributed by atoms with Gasteiger partial charge in [-0.25, -0.2) is 0 Å². The number of benzene rings is 1. The standard InChI is InChI=1S/C12H20N2/c1-9-6-4-5-7-11(9)12(14-3)8-10(2)13/h4-7,10,12,14H,8,13H2,1-3H3. The maximum Gasteiger partial charge on any atom is 0.0334 e. The number of hydrogen-bond acceptors (Lipinski definition) is 2. The highest BCUT2D eigenvalue weighted by atomic mass is 14.9. The largest absolute Gasteiger partial charge is 0.328 e. The first kappa shape index (κ1) is 11.2. The molecular formula is C12H20N2. The lowest BCUT2D eigenvalue weighted by molar-refractivity contribution is 0.497. The zero-order valence-corrected chi connectivity index (χ0v) is 9.25. The molecule has 0 fully saturated rings. The minimum absolute atomic E-state index is 0.229. The van der Waals surface area contributed by atoms with E-state index in [-0.39, 0.29) is 6.04 Å². The van der Waals surface area contributed by atoms with Gasteiger partial charge in [-0.15, -0.1) is 0 Å². The van der Waals surface area contributed by atoms with Crippen LogP contribution in [0.4, 0.5) is 0 Å². The van der Waals surface area contributed by atoms with Gasteiger partial charge in [0.25, 0.3) is 0 Å². The van der Waals surface area contributed by atoms with Crippen LogP contribution in [0.2, 0.25) is 0 Å². The van der Waals surface area contributed by atoms with E-state index in [1.54, 1.807) is 0 Å². The number of hydrogen-bond donors (Lipinski definition) is 2. The van der Waals surface area contributed by atoms with Crippen LogP contribution >= 0.6 is 0 Å².